The second-order valence-electron chi connectivity index (χ2n) is 5.75. The molecule has 2 aromatic rings. The van der Waals surface area contributed by atoms with Crippen LogP contribution >= 0.6 is 0 Å². The first-order valence-corrected chi connectivity index (χ1v) is 8.15. The Morgan fingerprint density at radius 1 is 0.920 bits per heavy atom. The summed E-state index contributed by atoms with van der Waals surface area (Å²) in [5.74, 6) is 1.31. The predicted molar refractivity (Wildman–Crippen MR) is 99.4 cm³/mol. The molecule has 5 nitrogen and oxygen atoms in total. The van der Waals surface area contributed by atoms with Crippen molar-refractivity contribution in [3.05, 3.63) is 47.0 Å². The average Bonchev–Trinajstić information content (AvgIpc) is 2.63. The van der Waals surface area contributed by atoms with Crippen molar-refractivity contribution in [2.24, 2.45) is 0 Å². The zero-order chi connectivity index (χ0) is 18.6. The molecule has 0 N–H and O–H groups in total. The third-order valence-corrected chi connectivity index (χ3v) is 4.15. The van der Waals surface area contributed by atoms with E-state index in [9.17, 15) is 4.79 Å². The summed E-state index contributed by atoms with van der Waals surface area (Å²) in [5, 5.41) is 0. The topological polar surface area (TPSA) is 48.0 Å². The van der Waals surface area contributed by atoms with Crippen LogP contribution in [0.5, 0.6) is 17.2 Å². The third kappa shape index (κ3) is 3.71. The first kappa shape index (κ1) is 18.6. The van der Waals surface area contributed by atoms with Crippen molar-refractivity contribution in [1.82, 2.24) is 0 Å². The summed E-state index contributed by atoms with van der Waals surface area (Å²) in [4.78, 5) is 15.0. The van der Waals surface area contributed by atoms with Crippen LogP contribution in [0.1, 0.15) is 28.4 Å². The Labute approximate surface area is 149 Å². The van der Waals surface area contributed by atoms with E-state index >= 15 is 0 Å². The smallest absolute Gasteiger partial charge is 0.262 e. The first-order chi connectivity index (χ1) is 12.0. The van der Waals surface area contributed by atoms with Gasteiger partial charge in [0.05, 0.1) is 26.9 Å². The zero-order valence-electron chi connectivity index (χ0n) is 15.7. The molecule has 0 heterocycles. The summed E-state index contributed by atoms with van der Waals surface area (Å²) in [6.45, 7) is 6.50. The molecule has 134 valence electrons. The van der Waals surface area contributed by atoms with Gasteiger partial charge in [-0.15, -0.1) is 0 Å². The molecule has 5 heteroatoms. The van der Waals surface area contributed by atoms with Crippen molar-refractivity contribution in [2.75, 3.05) is 32.8 Å². The quantitative estimate of drug-likeness (QED) is 0.795. The minimum atomic E-state index is -0.144. The Hall–Kier alpha value is -2.69. The maximum atomic E-state index is 13.2. The fraction of sp³-hybridized carbons (Fsp3) is 0.350. The van der Waals surface area contributed by atoms with Gasteiger partial charge in [-0.1, -0.05) is 12.1 Å². The van der Waals surface area contributed by atoms with Crippen LogP contribution in [0.15, 0.2) is 30.3 Å². The number of aryl methyl sites for hydroxylation is 2. The lowest BCUT2D eigenvalue weighted by atomic mass is 10.1. The molecule has 0 spiro atoms. The first-order valence-electron chi connectivity index (χ1n) is 8.15. The van der Waals surface area contributed by atoms with Gasteiger partial charge in [0.2, 0.25) is 0 Å². The highest BCUT2D eigenvalue weighted by Crippen LogP contribution is 2.36. The highest BCUT2D eigenvalue weighted by Gasteiger charge is 2.24. The molecule has 0 aliphatic rings. The number of nitrogens with zero attached hydrogens (tertiary/aromatic N) is 1. The molecule has 2 aromatic carbocycles. The highest BCUT2D eigenvalue weighted by molar-refractivity contribution is 6.08. The molecule has 25 heavy (non-hydrogen) atoms. The number of carbonyl (C=O) groups is 1. The van der Waals surface area contributed by atoms with E-state index in [0.717, 1.165) is 16.8 Å². The summed E-state index contributed by atoms with van der Waals surface area (Å²) in [5.41, 5.74) is 3.47. The lowest BCUT2D eigenvalue weighted by Gasteiger charge is -2.25. The Morgan fingerprint density at radius 3 is 2.08 bits per heavy atom. The lowest BCUT2D eigenvalue weighted by Crippen LogP contribution is -2.31. The monoisotopic (exact) mass is 343 g/mol. The summed E-state index contributed by atoms with van der Waals surface area (Å²) in [6, 6.07) is 9.40. The Bertz CT molecular complexity index is 771. The molecule has 0 unspecified atom stereocenters. The van der Waals surface area contributed by atoms with Gasteiger partial charge in [-0.3, -0.25) is 4.79 Å². The van der Waals surface area contributed by atoms with Crippen molar-refractivity contribution < 1.29 is 19.0 Å². The standard InChI is InChI=1S/C20H25NO4/c1-7-21(16-10-13(2)8-9-14(16)3)20(22)15-11-18(24-5)19(25-6)12-17(15)23-4/h8-12H,7H2,1-6H3. The van der Waals surface area contributed by atoms with Crippen molar-refractivity contribution in [1.29, 1.82) is 0 Å². The van der Waals surface area contributed by atoms with E-state index in [1.807, 2.05) is 39.0 Å². The predicted octanol–water partition coefficient (Wildman–Crippen LogP) is 4.00. The molecule has 0 radical (unpaired) electrons. The normalized spacial score (nSPS) is 10.3. The molecule has 0 bridgehead atoms. The highest BCUT2D eigenvalue weighted by atomic mass is 16.5. The van der Waals surface area contributed by atoms with Crippen LogP contribution in [0.3, 0.4) is 0 Å². The van der Waals surface area contributed by atoms with Gasteiger partial charge < -0.3 is 19.1 Å². The minimum Gasteiger partial charge on any atom is -0.496 e. The van der Waals surface area contributed by atoms with Crippen molar-refractivity contribution in [3.63, 3.8) is 0 Å². The average molecular weight is 343 g/mol. The van der Waals surface area contributed by atoms with E-state index < -0.39 is 0 Å². The fourth-order valence-corrected chi connectivity index (χ4v) is 2.78. The lowest BCUT2D eigenvalue weighted by molar-refractivity contribution is 0.0984. The number of rotatable bonds is 6. The molecule has 0 aliphatic heterocycles. The molecule has 2 rings (SSSR count). The van der Waals surface area contributed by atoms with Crippen molar-refractivity contribution in [3.8, 4) is 17.2 Å². The number of carbonyl (C=O) groups excluding carboxylic acids is 1. The summed E-state index contributed by atoms with van der Waals surface area (Å²) < 4.78 is 16.0. The van der Waals surface area contributed by atoms with Gasteiger partial charge >= 0.3 is 0 Å². The van der Waals surface area contributed by atoms with Gasteiger partial charge in [0, 0.05) is 24.4 Å². The van der Waals surface area contributed by atoms with Crippen LogP contribution in [-0.2, 0) is 0 Å². The molecule has 0 saturated heterocycles. The van der Waals surface area contributed by atoms with Gasteiger partial charge in [-0.2, -0.15) is 0 Å². The fourth-order valence-electron chi connectivity index (χ4n) is 2.78. The van der Waals surface area contributed by atoms with Crippen LogP contribution in [0.25, 0.3) is 0 Å². The van der Waals surface area contributed by atoms with E-state index in [1.165, 1.54) is 7.11 Å². The number of hydrogen-bond donors (Lipinski definition) is 0. The number of amides is 1. The van der Waals surface area contributed by atoms with E-state index in [2.05, 4.69) is 0 Å². The third-order valence-electron chi connectivity index (χ3n) is 4.15. The second kappa shape index (κ2) is 7.92. The number of ether oxygens (including phenoxy) is 3. The maximum Gasteiger partial charge on any atom is 0.262 e. The molecular weight excluding hydrogens is 318 g/mol. The number of methoxy groups -OCH3 is 3. The van der Waals surface area contributed by atoms with Crippen LogP contribution in [0.4, 0.5) is 5.69 Å². The number of anilines is 1. The van der Waals surface area contributed by atoms with Gasteiger partial charge in [0.1, 0.15) is 5.75 Å². The maximum absolute atomic E-state index is 13.2. The minimum absolute atomic E-state index is 0.144. The Balaban J connectivity index is 2.55. The zero-order valence-corrected chi connectivity index (χ0v) is 15.7. The Kier molecular flexibility index (Phi) is 5.91. The van der Waals surface area contributed by atoms with Gasteiger partial charge in [-0.25, -0.2) is 0 Å². The van der Waals surface area contributed by atoms with E-state index in [1.54, 1.807) is 31.3 Å². The largest absolute Gasteiger partial charge is 0.496 e. The van der Waals surface area contributed by atoms with Crippen LogP contribution in [0.2, 0.25) is 0 Å². The van der Waals surface area contributed by atoms with Gasteiger partial charge in [0.25, 0.3) is 5.91 Å². The summed E-state index contributed by atoms with van der Waals surface area (Å²) in [7, 11) is 4.63. The number of hydrogen-bond acceptors (Lipinski definition) is 4. The molecule has 1 amide bonds. The van der Waals surface area contributed by atoms with E-state index in [4.69, 9.17) is 14.2 Å². The van der Waals surface area contributed by atoms with Gasteiger partial charge in [0.15, 0.2) is 11.5 Å². The van der Waals surface area contributed by atoms with Gasteiger partial charge in [-0.05, 0) is 38.0 Å². The molecule has 0 saturated carbocycles. The van der Waals surface area contributed by atoms with Crippen molar-refractivity contribution >= 4 is 11.6 Å². The van der Waals surface area contributed by atoms with Crippen LogP contribution in [0, 0.1) is 13.8 Å². The van der Waals surface area contributed by atoms with Crippen molar-refractivity contribution in [2.45, 2.75) is 20.8 Å². The van der Waals surface area contributed by atoms with Crippen LogP contribution < -0.4 is 19.1 Å². The van der Waals surface area contributed by atoms with Crippen LogP contribution in [-0.4, -0.2) is 33.8 Å². The summed E-state index contributed by atoms with van der Waals surface area (Å²) in [6.07, 6.45) is 0. The SMILES string of the molecule is CCN(C(=O)c1cc(OC)c(OC)cc1OC)c1cc(C)ccc1C. The molecule has 0 atom stereocenters. The molecule has 0 fully saturated rings. The summed E-state index contributed by atoms with van der Waals surface area (Å²) >= 11 is 0. The van der Waals surface area contributed by atoms with E-state index in [0.29, 0.717) is 29.4 Å². The molecule has 0 aromatic heterocycles. The Morgan fingerprint density at radius 2 is 1.52 bits per heavy atom. The number of benzene rings is 2. The second-order valence-corrected chi connectivity index (χ2v) is 5.75. The van der Waals surface area contributed by atoms with E-state index in [-0.39, 0.29) is 5.91 Å². The molecular formula is C20H25NO4. The molecule has 0 aliphatic carbocycles.